The smallest absolute Gasteiger partial charge is 0.408 e. The molecule has 1 aromatic heterocycles. The van der Waals surface area contributed by atoms with Crippen molar-refractivity contribution in [2.24, 2.45) is 0 Å². The first-order chi connectivity index (χ1) is 10.5. The van der Waals surface area contributed by atoms with Crippen LogP contribution >= 0.6 is 0 Å². The number of fused-ring (bicyclic) bond motifs is 1. The zero-order chi connectivity index (χ0) is 15.9. The van der Waals surface area contributed by atoms with E-state index in [4.69, 9.17) is 4.74 Å². The van der Waals surface area contributed by atoms with E-state index in [1.807, 2.05) is 0 Å². The molecule has 1 fully saturated rings. The Bertz CT molecular complexity index is 781. The Morgan fingerprint density at radius 3 is 2.86 bits per heavy atom. The van der Waals surface area contributed by atoms with Gasteiger partial charge in [-0.2, -0.15) is 0 Å². The molecular formula is C14H11F2N3O3. The van der Waals surface area contributed by atoms with Gasteiger partial charge in [-0.3, -0.25) is 9.78 Å². The highest BCUT2D eigenvalue weighted by Gasteiger charge is 2.36. The Labute approximate surface area is 123 Å². The summed E-state index contributed by atoms with van der Waals surface area (Å²) in [5, 5.41) is 5.27. The fourth-order valence-corrected chi connectivity index (χ4v) is 2.22. The summed E-state index contributed by atoms with van der Waals surface area (Å²) in [6, 6.07) is 2.98. The molecule has 3 rings (SSSR count). The second kappa shape index (κ2) is 5.21. The van der Waals surface area contributed by atoms with Crippen molar-refractivity contribution < 1.29 is 23.1 Å². The maximum atomic E-state index is 13.5. The van der Waals surface area contributed by atoms with Gasteiger partial charge in [0.1, 0.15) is 17.7 Å². The maximum absolute atomic E-state index is 13.5. The molecule has 0 saturated carbocycles. The molecule has 0 aliphatic carbocycles. The van der Waals surface area contributed by atoms with Crippen molar-refractivity contribution in [3.8, 4) is 0 Å². The molecule has 0 spiro atoms. The molecular weight excluding hydrogens is 296 g/mol. The van der Waals surface area contributed by atoms with Gasteiger partial charge in [-0.15, -0.1) is 0 Å². The zero-order valence-electron chi connectivity index (χ0n) is 11.4. The lowest BCUT2D eigenvalue weighted by molar-refractivity contribution is -0.118. The molecule has 2 N–H and O–H groups in total. The molecule has 2 atom stereocenters. The number of pyridine rings is 1. The van der Waals surface area contributed by atoms with Gasteiger partial charge in [0.05, 0.1) is 11.9 Å². The molecule has 1 aliphatic heterocycles. The molecule has 22 heavy (non-hydrogen) atoms. The van der Waals surface area contributed by atoms with Crippen LogP contribution in [0, 0.1) is 11.6 Å². The van der Waals surface area contributed by atoms with E-state index < -0.39 is 35.8 Å². The van der Waals surface area contributed by atoms with Gasteiger partial charge in [-0.25, -0.2) is 13.6 Å². The second-order valence-electron chi connectivity index (χ2n) is 4.88. The third-order valence-corrected chi connectivity index (χ3v) is 3.33. The van der Waals surface area contributed by atoms with Crippen LogP contribution in [0.4, 0.5) is 19.3 Å². The minimum absolute atomic E-state index is 0.121. The van der Waals surface area contributed by atoms with E-state index in [2.05, 4.69) is 15.6 Å². The van der Waals surface area contributed by atoms with Gasteiger partial charge in [-0.05, 0) is 25.1 Å². The van der Waals surface area contributed by atoms with E-state index in [1.165, 1.54) is 18.3 Å². The fourth-order valence-electron chi connectivity index (χ4n) is 2.22. The number of nitrogens with one attached hydrogen (secondary N) is 2. The van der Waals surface area contributed by atoms with E-state index in [1.54, 1.807) is 6.92 Å². The summed E-state index contributed by atoms with van der Waals surface area (Å²) >= 11 is 0. The van der Waals surface area contributed by atoms with Crippen molar-refractivity contribution in [2.45, 2.75) is 19.1 Å². The first-order valence-corrected chi connectivity index (χ1v) is 6.47. The summed E-state index contributed by atoms with van der Waals surface area (Å²) in [5.41, 5.74) is 0.181. The lowest BCUT2D eigenvalue weighted by atomic mass is 10.1. The predicted molar refractivity (Wildman–Crippen MR) is 73.2 cm³/mol. The average Bonchev–Trinajstić information content (AvgIpc) is 2.82. The summed E-state index contributed by atoms with van der Waals surface area (Å²) in [7, 11) is 0. The SMILES string of the molecule is CC1OC(=O)NC1C(=O)Nc1cnc2c(F)c(F)ccc2c1. The van der Waals surface area contributed by atoms with Crippen LogP contribution in [0.2, 0.25) is 0 Å². The van der Waals surface area contributed by atoms with Gasteiger partial charge >= 0.3 is 6.09 Å². The first kappa shape index (κ1) is 14.2. The quantitative estimate of drug-likeness (QED) is 0.888. The molecule has 8 heteroatoms. The average molecular weight is 307 g/mol. The van der Waals surface area contributed by atoms with Gasteiger partial charge in [-0.1, -0.05) is 0 Å². The molecule has 1 aliphatic rings. The van der Waals surface area contributed by atoms with Crippen molar-refractivity contribution in [3.63, 3.8) is 0 Å². The summed E-state index contributed by atoms with van der Waals surface area (Å²) in [5.74, 6) is -2.51. The van der Waals surface area contributed by atoms with Crippen molar-refractivity contribution in [1.29, 1.82) is 0 Å². The molecule has 1 aromatic carbocycles. The van der Waals surface area contributed by atoms with E-state index in [9.17, 15) is 18.4 Å². The Balaban J connectivity index is 1.84. The Morgan fingerprint density at radius 1 is 1.41 bits per heavy atom. The molecule has 2 amide bonds. The number of carbonyl (C=O) groups excluding carboxylic acids is 2. The number of hydrogen-bond acceptors (Lipinski definition) is 4. The maximum Gasteiger partial charge on any atom is 0.408 e. The van der Waals surface area contributed by atoms with Crippen molar-refractivity contribution in [3.05, 3.63) is 36.0 Å². The number of rotatable bonds is 2. The number of cyclic esters (lactones) is 1. The van der Waals surface area contributed by atoms with Gasteiger partial charge in [0, 0.05) is 5.39 Å². The summed E-state index contributed by atoms with van der Waals surface area (Å²) in [4.78, 5) is 26.9. The van der Waals surface area contributed by atoms with E-state index in [0.717, 1.165) is 6.07 Å². The number of halogens is 2. The highest BCUT2D eigenvalue weighted by molar-refractivity contribution is 5.99. The lowest BCUT2D eigenvalue weighted by Gasteiger charge is -2.13. The van der Waals surface area contributed by atoms with Crippen LogP contribution in [0.1, 0.15) is 6.92 Å². The minimum Gasteiger partial charge on any atom is -0.444 e. The first-order valence-electron chi connectivity index (χ1n) is 6.47. The summed E-state index contributed by atoms with van der Waals surface area (Å²) in [6.07, 6.45) is -0.0558. The van der Waals surface area contributed by atoms with E-state index >= 15 is 0 Å². The molecule has 6 nitrogen and oxygen atoms in total. The van der Waals surface area contributed by atoms with Crippen LogP contribution in [-0.4, -0.2) is 29.1 Å². The molecule has 0 bridgehead atoms. The van der Waals surface area contributed by atoms with E-state index in [0.29, 0.717) is 11.1 Å². The Morgan fingerprint density at radius 2 is 2.18 bits per heavy atom. The molecule has 114 valence electrons. The fraction of sp³-hybridized carbons (Fsp3) is 0.214. The normalized spacial score (nSPS) is 20.6. The number of hydrogen-bond donors (Lipinski definition) is 2. The van der Waals surface area contributed by atoms with Crippen LogP contribution < -0.4 is 10.6 Å². The predicted octanol–water partition coefficient (Wildman–Crippen LogP) is 1.95. The standard InChI is InChI=1S/C14H11F2N3O3/c1-6-11(19-14(21)22-6)13(20)18-8-4-7-2-3-9(15)10(16)12(7)17-5-8/h2-6,11H,1H3,(H,18,20)(H,19,21). The topological polar surface area (TPSA) is 80.3 Å². The summed E-state index contributed by atoms with van der Waals surface area (Å²) in [6.45, 7) is 1.58. The second-order valence-corrected chi connectivity index (χ2v) is 4.88. The molecule has 0 radical (unpaired) electrons. The number of anilines is 1. The zero-order valence-corrected chi connectivity index (χ0v) is 11.4. The Kier molecular flexibility index (Phi) is 3.36. The minimum atomic E-state index is -1.04. The van der Waals surface area contributed by atoms with Crippen LogP contribution in [0.3, 0.4) is 0 Å². The highest BCUT2D eigenvalue weighted by Crippen LogP contribution is 2.21. The third-order valence-electron chi connectivity index (χ3n) is 3.33. The molecule has 2 aromatic rings. The van der Waals surface area contributed by atoms with E-state index in [-0.39, 0.29) is 5.52 Å². The molecule has 1 saturated heterocycles. The number of ether oxygens (including phenoxy) is 1. The third kappa shape index (κ3) is 2.43. The molecule has 2 unspecified atom stereocenters. The number of nitrogens with zero attached hydrogens (tertiary/aromatic N) is 1. The number of carbonyl (C=O) groups is 2. The van der Waals surface area contributed by atoms with Gasteiger partial charge < -0.3 is 15.4 Å². The van der Waals surface area contributed by atoms with Crippen molar-refractivity contribution >= 4 is 28.6 Å². The van der Waals surface area contributed by atoms with Gasteiger partial charge in [0.25, 0.3) is 5.91 Å². The number of aromatic nitrogens is 1. The number of amides is 2. The lowest BCUT2D eigenvalue weighted by Crippen LogP contribution is -2.42. The van der Waals surface area contributed by atoms with Crippen LogP contribution in [0.25, 0.3) is 10.9 Å². The number of alkyl carbamates (subject to hydrolysis) is 1. The summed E-state index contributed by atoms with van der Waals surface area (Å²) < 4.78 is 31.5. The van der Waals surface area contributed by atoms with Crippen molar-refractivity contribution in [1.82, 2.24) is 10.3 Å². The largest absolute Gasteiger partial charge is 0.444 e. The van der Waals surface area contributed by atoms with Crippen LogP contribution in [-0.2, 0) is 9.53 Å². The van der Waals surface area contributed by atoms with Gasteiger partial charge in [0.2, 0.25) is 0 Å². The van der Waals surface area contributed by atoms with Crippen LogP contribution in [0.15, 0.2) is 24.4 Å². The highest BCUT2D eigenvalue weighted by atomic mass is 19.2. The molecule has 2 heterocycles. The monoisotopic (exact) mass is 307 g/mol. The van der Waals surface area contributed by atoms with Crippen LogP contribution in [0.5, 0.6) is 0 Å². The Hall–Kier alpha value is -2.77. The number of benzene rings is 1. The van der Waals surface area contributed by atoms with Crippen molar-refractivity contribution in [2.75, 3.05) is 5.32 Å². The van der Waals surface area contributed by atoms with Gasteiger partial charge in [0.15, 0.2) is 11.6 Å².